The molecule has 0 radical (unpaired) electrons. The Morgan fingerprint density at radius 3 is 2.72 bits per heavy atom. The first-order valence-corrected chi connectivity index (χ1v) is 12.7. The highest BCUT2D eigenvalue weighted by Crippen LogP contribution is 2.45. The lowest BCUT2D eigenvalue weighted by Crippen LogP contribution is -2.29. The van der Waals surface area contributed by atoms with E-state index in [1.807, 2.05) is 70.3 Å². The van der Waals surface area contributed by atoms with Crippen LogP contribution < -0.4 is 4.74 Å². The summed E-state index contributed by atoms with van der Waals surface area (Å²) in [5.74, 6) is 0.407. The van der Waals surface area contributed by atoms with Crippen molar-refractivity contribution in [3.8, 4) is 16.9 Å². The number of aryl methyl sites for hydroxylation is 1. The number of nitrogens with zero attached hydrogens (tertiary/aromatic N) is 1. The largest absolute Gasteiger partial charge is 0.493 e. The van der Waals surface area contributed by atoms with Crippen LogP contribution in [0.15, 0.2) is 48.7 Å². The zero-order chi connectivity index (χ0) is 25.6. The van der Waals surface area contributed by atoms with E-state index in [2.05, 4.69) is 6.07 Å². The monoisotopic (exact) mass is 503 g/mol. The second-order valence-electron chi connectivity index (χ2n) is 10.1. The van der Waals surface area contributed by atoms with Crippen LogP contribution in [0.3, 0.4) is 0 Å². The lowest BCUT2D eigenvalue weighted by molar-refractivity contribution is -0.166. The van der Waals surface area contributed by atoms with E-state index in [-0.39, 0.29) is 6.61 Å². The molecular formula is C30H30ClNO4. The predicted molar refractivity (Wildman–Crippen MR) is 144 cm³/mol. The number of hydrogen-bond acceptors (Lipinski definition) is 5. The number of carbonyl (C=O) groups is 1. The van der Waals surface area contributed by atoms with Gasteiger partial charge in [0.05, 0.1) is 24.3 Å². The van der Waals surface area contributed by atoms with Gasteiger partial charge in [0, 0.05) is 34.2 Å². The van der Waals surface area contributed by atoms with Crippen LogP contribution in [-0.4, -0.2) is 29.8 Å². The number of esters is 1. The zero-order valence-electron chi connectivity index (χ0n) is 21.3. The maximum atomic E-state index is 13.4. The van der Waals surface area contributed by atoms with Crippen molar-refractivity contribution in [2.75, 3.05) is 13.2 Å². The van der Waals surface area contributed by atoms with Gasteiger partial charge in [-0.3, -0.25) is 4.98 Å². The zero-order valence-corrected chi connectivity index (χ0v) is 22.0. The van der Waals surface area contributed by atoms with E-state index in [4.69, 9.17) is 30.8 Å². The molecule has 1 aromatic heterocycles. The Labute approximate surface area is 216 Å². The van der Waals surface area contributed by atoms with E-state index in [1.165, 1.54) is 5.56 Å². The number of aromatic nitrogens is 1. The number of halogens is 1. The summed E-state index contributed by atoms with van der Waals surface area (Å²) in [6.45, 7) is 10.5. The minimum Gasteiger partial charge on any atom is -0.493 e. The van der Waals surface area contributed by atoms with E-state index in [0.29, 0.717) is 11.6 Å². The minimum absolute atomic E-state index is 0.260. The van der Waals surface area contributed by atoms with Crippen molar-refractivity contribution in [2.45, 2.75) is 52.7 Å². The third-order valence-corrected chi connectivity index (χ3v) is 6.66. The summed E-state index contributed by atoms with van der Waals surface area (Å²) < 4.78 is 17.9. The normalized spacial score (nSPS) is 14.1. The van der Waals surface area contributed by atoms with Crippen LogP contribution in [0.4, 0.5) is 0 Å². The standard InChI is InChI=1S/C30H30ClNO4/c1-6-34-29(33)28(36-30(3,4)5)24-17(2)15-19-7-8-20(31)16-22(19)26(24)21-9-10-23-25-18(12-14-35-23)11-13-32-27(21)25/h7-11,13,15-16,28H,6,12,14H2,1-5H3/t28-/m0/s1. The molecular weight excluding hydrogens is 474 g/mol. The molecule has 0 fully saturated rings. The Balaban J connectivity index is 1.90. The second kappa shape index (κ2) is 9.38. The molecule has 36 heavy (non-hydrogen) atoms. The SMILES string of the molecule is CCOC(=O)[C@@H](OC(C)(C)C)c1c(C)cc2ccc(Cl)cc2c1-c1ccc2c3c(ccnc13)CCO2. The van der Waals surface area contributed by atoms with Gasteiger partial charge in [0.2, 0.25) is 0 Å². The highest BCUT2D eigenvalue weighted by molar-refractivity contribution is 6.31. The van der Waals surface area contributed by atoms with Crippen molar-refractivity contribution in [3.05, 3.63) is 70.4 Å². The second-order valence-corrected chi connectivity index (χ2v) is 10.5. The summed E-state index contributed by atoms with van der Waals surface area (Å²) >= 11 is 6.51. The van der Waals surface area contributed by atoms with Gasteiger partial charge >= 0.3 is 5.97 Å². The van der Waals surface area contributed by atoms with E-state index in [1.54, 1.807) is 6.92 Å². The molecule has 5 nitrogen and oxygen atoms in total. The van der Waals surface area contributed by atoms with E-state index in [0.717, 1.165) is 56.1 Å². The van der Waals surface area contributed by atoms with Gasteiger partial charge in [-0.1, -0.05) is 23.7 Å². The number of benzene rings is 3. The van der Waals surface area contributed by atoms with Gasteiger partial charge in [-0.2, -0.15) is 0 Å². The topological polar surface area (TPSA) is 57.7 Å². The molecule has 2 heterocycles. The van der Waals surface area contributed by atoms with Gasteiger partial charge in [0.1, 0.15) is 5.75 Å². The fraction of sp³-hybridized carbons (Fsp3) is 0.333. The number of rotatable bonds is 5. The maximum Gasteiger partial charge on any atom is 0.339 e. The van der Waals surface area contributed by atoms with Crippen molar-refractivity contribution in [2.24, 2.45) is 0 Å². The van der Waals surface area contributed by atoms with E-state index in [9.17, 15) is 4.79 Å². The summed E-state index contributed by atoms with van der Waals surface area (Å²) in [7, 11) is 0. The highest BCUT2D eigenvalue weighted by atomic mass is 35.5. The predicted octanol–water partition coefficient (Wildman–Crippen LogP) is 7.37. The molecule has 1 aliphatic rings. The van der Waals surface area contributed by atoms with Crippen LogP contribution in [0.1, 0.15) is 50.5 Å². The molecule has 0 saturated carbocycles. The van der Waals surface area contributed by atoms with Crippen molar-refractivity contribution in [3.63, 3.8) is 0 Å². The quantitative estimate of drug-likeness (QED) is 0.266. The molecule has 4 aromatic rings. The molecule has 1 aliphatic heterocycles. The van der Waals surface area contributed by atoms with Gasteiger partial charge in [0.15, 0.2) is 6.10 Å². The molecule has 6 heteroatoms. The fourth-order valence-electron chi connectivity index (χ4n) is 5.05. The first kappa shape index (κ1) is 24.5. The van der Waals surface area contributed by atoms with Gasteiger partial charge in [-0.15, -0.1) is 0 Å². The Morgan fingerprint density at radius 1 is 1.17 bits per heavy atom. The van der Waals surface area contributed by atoms with Crippen molar-refractivity contribution < 1.29 is 19.0 Å². The van der Waals surface area contributed by atoms with E-state index < -0.39 is 17.7 Å². The summed E-state index contributed by atoms with van der Waals surface area (Å²) in [5, 5.41) is 3.56. The third-order valence-electron chi connectivity index (χ3n) is 6.42. The number of carbonyl (C=O) groups excluding carboxylic acids is 1. The van der Waals surface area contributed by atoms with Crippen molar-refractivity contribution in [1.82, 2.24) is 4.98 Å². The van der Waals surface area contributed by atoms with Crippen LogP contribution in [0.25, 0.3) is 32.8 Å². The van der Waals surface area contributed by atoms with Gasteiger partial charge in [-0.05, 0) is 92.4 Å². The molecule has 0 saturated heterocycles. The molecule has 5 rings (SSSR count). The minimum atomic E-state index is -0.926. The number of ether oxygens (including phenoxy) is 3. The van der Waals surface area contributed by atoms with Crippen LogP contribution in [0, 0.1) is 6.92 Å². The number of pyridine rings is 1. The van der Waals surface area contributed by atoms with Crippen LogP contribution in [-0.2, 0) is 20.7 Å². The summed E-state index contributed by atoms with van der Waals surface area (Å²) in [6, 6.07) is 14.0. The Hall–Kier alpha value is -3.15. The molecule has 0 amide bonds. The average molecular weight is 504 g/mol. The van der Waals surface area contributed by atoms with Crippen LogP contribution in [0.5, 0.6) is 5.75 Å². The number of fused-ring (bicyclic) bond motifs is 1. The smallest absolute Gasteiger partial charge is 0.339 e. The summed E-state index contributed by atoms with van der Waals surface area (Å²) in [5.41, 5.74) is 4.91. The third kappa shape index (κ3) is 4.42. The van der Waals surface area contributed by atoms with Crippen LogP contribution >= 0.6 is 11.6 Å². The maximum absolute atomic E-state index is 13.4. The van der Waals surface area contributed by atoms with Gasteiger partial charge in [0.25, 0.3) is 0 Å². The number of hydrogen-bond donors (Lipinski definition) is 0. The van der Waals surface area contributed by atoms with Gasteiger partial charge in [-0.25, -0.2) is 4.79 Å². The molecule has 0 bridgehead atoms. The van der Waals surface area contributed by atoms with Crippen molar-refractivity contribution >= 4 is 39.2 Å². The Kier molecular flexibility index (Phi) is 6.39. The molecule has 0 spiro atoms. The summed E-state index contributed by atoms with van der Waals surface area (Å²) in [6.07, 6.45) is 1.74. The molecule has 1 atom stereocenters. The highest BCUT2D eigenvalue weighted by Gasteiger charge is 2.33. The fourth-order valence-corrected chi connectivity index (χ4v) is 5.22. The van der Waals surface area contributed by atoms with E-state index >= 15 is 0 Å². The molecule has 186 valence electrons. The molecule has 0 aliphatic carbocycles. The van der Waals surface area contributed by atoms with Crippen LogP contribution in [0.2, 0.25) is 5.02 Å². The average Bonchev–Trinajstić information content (AvgIpc) is 2.83. The Morgan fingerprint density at radius 2 is 1.97 bits per heavy atom. The van der Waals surface area contributed by atoms with Gasteiger partial charge < -0.3 is 14.2 Å². The Bertz CT molecular complexity index is 1480. The molecule has 3 aromatic carbocycles. The first-order valence-electron chi connectivity index (χ1n) is 12.3. The lowest BCUT2D eigenvalue weighted by Gasteiger charge is -2.30. The first-order chi connectivity index (χ1) is 17.2. The molecule has 0 unspecified atom stereocenters. The summed E-state index contributed by atoms with van der Waals surface area (Å²) in [4.78, 5) is 18.2. The lowest BCUT2D eigenvalue weighted by atomic mass is 9.85. The van der Waals surface area contributed by atoms with Crippen molar-refractivity contribution in [1.29, 1.82) is 0 Å². The molecule has 0 N–H and O–H groups in total.